The molecular formula is C11H22N2O6. The fourth-order valence-corrected chi connectivity index (χ4v) is 0.937. The zero-order valence-corrected chi connectivity index (χ0v) is 11.0. The Morgan fingerprint density at radius 2 is 1.37 bits per heavy atom. The van der Waals surface area contributed by atoms with Crippen LogP contribution in [0, 0.1) is 0 Å². The predicted octanol–water partition coefficient (Wildman–Crippen LogP) is -0.482. The standard InChI is InChI=1S/C11H22N2O6/c12-18-10-8-16-6-4-15-5-7-17-9-11-19-13-2-1-3-14/h2-3H,1,4-12H2/b13-2+. The molecule has 0 heterocycles. The van der Waals surface area contributed by atoms with Crippen molar-refractivity contribution in [2.24, 2.45) is 11.1 Å². The number of nitrogens with two attached hydrogens (primary N) is 1. The number of oxime groups is 1. The summed E-state index contributed by atoms with van der Waals surface area (Å²) >= 11 is 0. The SMILES string of the molecule is NOCCOCCOCCOCCO/N=C/CC=O. The highest BCUT2D eigenvalue weighted by atomic mass is 16.6. The van der Waals surface area contributed by atoms with Crippen LogP contribution in [0.1, 0.15) is 6.42 Å². The molecule has 0 fully saturated rings. The third-order valence-electron chi connectivity index (χ3n) is 1.76. The van der Waals surface area contributed by atoms with Gasteiger partial charge in [0.25, 0.3) is 0 Å². The smallest absolute Gasteiger partial charge is 0.140 e. The van der Waals surface area contributed by atoms with E-state index in [0.717, 1.165) is 6.29 Å². The van der Waals surface area contributed by atoms with Gasteiger partial charge in [0.1, 0.15) is 12.9 Å². The van der Waals surface area contributed by atoms with Crippen LogP contribution < -0.4 is 5.90 Å². The molecule has 0 amide bonds. The normalized spacial score (nSPS) is 11.0. The Bertz CT molecular complexity index is 215. The predicted molar refractivity (Wildman–Crippen MR) is 67.7 cm³/mol. The van der Waals surface area contributed by atoms with Crippen LogP contribution in [-0.2, 0) is 28.7 Å². The van der Waals surface area contributed by atoms with Crippen LogP contribution in [0.4, 0.5) is 0 Å². The van der Waals surface area contributed by atoms with Gasteiger partial charge in [0.15, 0.2) is 0 Å². The molecule has 112 valence electrons. The number of hydrogen-bond donors (Lipinski definition) is 1. The zero-order valence-electron chi connectivity index (χ0n) is 11.0. The fraction of sp³-hybridized carbons (Fsp3) is 0.818. The molecule has 0 aliphatic rings. The summed E-state index contributed by atoms with van der Waals surface area (Å²) in [7, 11) is 0. The topological polar surface area (TPSA) is 102 Å². The minimum absolute atomic E-state index is 0.258. The van der Waals surface area contributed by atoms with Crippen molar-refractivity contribution in [2.75, 3.05) is 52.9 Å². The van der Waals surface area contributed by atoms with Crippen molar-refractivity contribution < 1.29 is 28.7 Å². The number of carbonyl (C=O) groups excluding carboxylic acids is 1. The number of hydrogen-bond acceptors (Lipinski definition) is 8. The zero-order chi connectivity index (χ0) is 14.0. The minimum atomic E-state index is 0.258. The highest BCUT2D eigenvalue weighted by molar-refractivity contribution is 5.75. The van der Waals surface area contributed by atoms with Crippen LogP contribution in [0.2, 0.25) is 0 Å². The molecule has 19 heavy (non-hydrogen) atoms. The lowest BCUT2D eigenvalue weighted by molar-refractivity contribution is -0.106. The van der Waals surface area contributed by atoms with Gasteiger partial charge < -0.3 is 28.7 Å². The van der Waals surface area contributed by atoms with E-state index in [9.17, 15) is 4.79 Å². The number of ether oxygens (including phenoxy) is 3. The minimum Gasteiger partial charge on any atom is -0.394 e. The summed E-state index contributed by atoms with van der Waals surface area (Å²) < 4.78 is 15.6. The van der Waals surface area contributed by atoms with E-state index in [1.807, 2.05) is 0 Å². The molecule has 0 aliphatic heterocycles. The molecule has 0 saturated heterocycles. The van der Waals surface area contributed by atoms with Crippen LogP contribution in [0.5, 0.6) is 0 Å². The summed E-state index contributed by atoms with van der Waals surface area (Å²) in [5.41, 5.74) is 0. The Morgan fingerprint density at radius 3 is 1.89 bits per heavy atom. The molecule has 0 aromatic rings. The van der Waals surface area contributed by atoms with Crippen molar-refractivity contribution in [1.29, 1.82) is 0 Å². The fourth-order valence-electron chi connectivity index (χ4n) is 0.937. The van der Waals surface area contributed by atoms with E-state index in [2.05, 4.69) is 9.99 Å². The maximum Gasteiger partial charge on any atom is 0.140 e. The van der Waals surface area contributed by atoms with E-state index < -0.39 is 0 Å². The van der Waals surface area contributed by atoms with Crippen molar-refractivity contribution in [1.82, 2.24) is 0 Å². The van der Waals surface area contributed by atoms with Gasteiger partial charge in [-0.15, -0.1) is 0 Å². The quantitative estimate of drug-likeness (QED) is 0.187. The third kappa shape index (κ3) is 16.9. The Kier molecular flexibility index (Phi) is 16.0. The van der Waals surface area contributed by atoms with Gasteiger partial charge in [-0.1, -0.05) is 5.16 Å². The van der Waals surface area contributed by atoms with Gasteiger partial charge in [-0.05, 0) is 0 Å². The third-order valence-corrected chi connectivity index (χ3v) is 1.76. The molecule has 0 aliphatic carbocycles. The van der Waals surface area contributed by atoms with Gasteiger partial charge in [-0.2, -0.15) is 0 Å². The van der Waals surface area contributed by atoms with Crippen molar-refractivity contribution in [2.45, 2.75) is 6.42 Å². The molecule has 0 atom stereocenters. The summed E-state index contributed by atoms with van der Waals surface area (Å²) in [6, 6.07) is 0. The molecule has 8 nitrogen and oxygen atoms in total. The molecule has 0 aromatic heterocycles. The van der Waals surface area contributed by atoms with E-state index in [4.69, 9.17) is 24.9 Å². The second-order valence-electron chi connectivity index (χ2n) is 3.23. The number of nitrogens with zero attached hydrogens (tertiary/aromatic N) is 1. The number of aldehydes is 1. The molecule has 0 radical (unpaired) electrons. The number of rotatable bonds is 15. The van der Waals surface area contributed by atoms with Crippen LogP contribution in [0.3, 0.4) is 0 Å². The first-order chi connectivity index (χ1) is 9.41. The van der Waals surface area contributed by atoms with Crippen LogP contribution in [0.25, 0.3) is 0 Å². The average Bonchev–Trinajstić information content (AvgIpc) is 2.43. The van der Waals surface area contributed by atoms with Gasteiger partial charge in [0, 0.05) is 6.42 Å². The van der Waals surface area contributed by atoms with E-state index in [0.29, 0.717) is 52.9 Å². The summed E-state index contributed by atoms with van der Waals surface area (Å²) in [4.78, 5) is 19.1. The summed E-state index contributed by atoms with van der Waals surface area (Å²) in [6.45, 7) is 3.57. The first-order valence-corrected chi connectivity index (χ1v) is 6.04. The van der Waals surface area contributed by atoms with Crippen LogP contribution in [0.15, 0.2) is 5.16 Å². The molecule has 0 rings (SSSR count). The molecule has 2 N–H and O–H groups in total. The number of carbonyl (C=O) groups is 1. The maximum absolute atomic E-state index is 9.93. The molecule has 0 bridgehead atoms. The Hall–Kier alpha value is -1.06. The summed E-state index contributed by atoms with van der Waals surface area (Å²) in [5, 5.41) is 3.54. The molecule has 0 aromatic carbocycles. The highest BCUT2D eigenvalue weighted by Crippen LogP contribution is 1.83. The van der Waals surface area contributed by atoms with Gasteiger partial charge >= 0.3 is 0 Å². The average molecular weight is 278 g/mol. The van der Waals surface area contributed by atoms with Crippen LogP contribution in [-0.4, -0.2) is 65.4 Å². The first kappa shape index (κ1) is 17.9. The maximum atomic E-state index is 9.93. The van der Waals surface area contributed by atoms with E-state index in [-0.39, 0.29) is 6.42 Å². The monoisotopic (exact) mass is 278 g/mol. The second-order valence-corrected chi connectivity index (χ2v) is 3.23. The van der Waals surface area contributed by atoms with Gasteiger partial charge in [0.2, 0.25) is 0 Å². The van der Waals surface area contributed by atoms with Crippen molar-refractivity contribution >= 4 is 12.5 Å². The Morgan fingerprint density at radius 1 is 0.842 bits per heavy atom. The molecular weight excluding hydrogens is 256 g/mol. The molecule has 0 spiro atoms. The van der Waals surface area contributed by atoms with E-state index in [1.165, 1.54) is 6.21 Å². The van der Waals surface area contributed by atoms with Crippen LogP contribution >= 0.6 is 0 Å². The summed E-state index contributed by atoms with van der Waals surface area (Å²) in [6.07, 6.45) is 2.40. The first-order valence-electron chi connectivity index (χ1n) is 6.04. The summed E-state index contributed by atoms with van der Waals surface area (Å²) in [5.74, 6) is 4.82. The van der Waals surface area contributed by atoms with Crippen molar-refractivity contribution in [3.05, 3.63) is 0 Å². The van der Waals surface area contributed by atoms with E-state index in [1.54, 1.807) is 0 Å². The largest absolute Gasteiger partial charge is 0.394 e. The molecule has 0 saturated carbocycles. The van der Waals surface area contributed by atoms with Crippen molar-refractivity contribution in [3.8, 4) is 0 Å². The molecule has 0 unspecified atom stereocenters. The van der Waals surface area contributed by atoms with Crippen molar-refractivity contribution in [3.63, 3.8) is 0 Å². The van der Waals surface area contributed by atoms with Gasteiger partial charge in [-0.25, -0.2) is 5.90 Å². The lowest BCUT2D eigenvalue weighted by Crippen LogP contribution is -2.13. The second kappa shape index (κ2) is 16.9. The Balaban J connectivity index is 2.97. The lowest BCUT2D eigenvalue weighted by atomic mass is 10.5. The lowest BCUT2D eigenvalue weighted by Gasteiger charge is -2.06. The van der Waals surface area contributed by atoms with E-state index >= 15 is 0 Å². The molecule has 8 heteroatoms. The highest BCUT2D eigenvalue weighted by Gasteiger charge is 1.92. The van der Waals surface area contributed by atoms with Gasteiger partial charge in [-0.3, -0.25) is 0 Å². The van der Waals surface area contributed by atoms with Gasteiger partial charge in [0.05, 0.1) is 52.5 Å². The Labute approximate surface area is 112 Å².